The number of benzene rings is 1. The Hall–Kier alpha value is -1.41. The molecule has 1 aromatic heterocycles. The van der Waals surface area contributed by atoms with Crippen molar-refractivity contribution in [2.75, 3.05) is 31.1 Å². The lowest BCUT2D eigenvalue weighted by Gasteiger charge is -2.36. The standard InChI is InChI=1S/C17H23N5OS.2ClH/c1-12(15(18)14-6-4-3-5-7-14)16(23)21-8-10-22(11-9-21)17-19-13(2)20-24-17;;/h3-7,12,15H,8-11,18H2,1-2H3;2*1H. The number of halogens is 2. The lowest BCUT2D eigenvalue weighted by atomic mass is 9.94. The van der Waals surface area contributed by atoms with Crippen molar-refractivity contribution in [1.29, 1.82) is 0 Å². The van der Waals surface area contributed by atoms with Gasteiger partial charge in [0.05, 0.1) is 5.92 Å². The number of nitrogens with two attached hydrogens (primary N) is 1. The van der Waals surface area contributed by atoms with Crippen molar-refractivity contribution in [3.05, 3.63) is 41.7 Å². The van der Waals surface area contributed by atoms with Gasteiger partial charge in [0.2, 0.25) is 11.0 Å². The molecule has 2 aromatic rings. The molecule has 1 aliphatic heterocycles. The van der Waals surface area contributed by atoms with Crippen molar-refractivity contribution in [3.63, 3.8) is 0 Å². The average molecular weight is 418 g/mol. The van der Waals surface area contributed by atoms with Crippen molar-refractivity contribution in [1.82, 2.24) is 14.3 Å². The Labute approximate surface area is 170 Å². The van der Waals surface area contributed by atoms with Gasteiger partial charge >= 0.3 is 0 Å². The quantitative estimate of drug-likeness (QED) is 0.827. The summed E-state index contributed by atoms with van der Waals surface area (Å²) in [6.45, 7) is 6.78. The van der Waals surface area contributed by atoms with E-state index < -0.39 is 0 Å². The van der Waals surface area contributed by atoms with Crippen LogP contribution in [0.3, 0.4) is 0 Å². The Morgan fingerprint density at radius 1 is 1.15 bits per heavy atom. The molecule has 3 rings (SSSR count). The molecule has 1 amide bonds. The normalized spacial score (nSPS) is 16.3. The van der Waals surface area contributed by atoms with Crippen LogP contribution in [0, 0.1) is 12.8 Å². The second-order valence-electron chi connectivity index (χ2n) is 6.16. The first-order valence-electron chi connectivity index (χ1n) is 8.21. The van der Waals surface area contributed by atoms with Gasteiger partial charge in [-0.05, 0) is 12.5 Å². The van der Waals surface area contributed by atoms with Crippen LogP contribution in [0.4, 0.5) is 5.13 Å². The van der Waals surface area contributed by atoms with Gasteiger partial charge in [0.1, 0.15) is 5.82 Å². The molecule has 2 heterocycles. The highest BCUT2D eigenvalue weighted by molar-refractivity contribution is 7.09. The first kappa shape index (κ1) is 22.6. The second-order valence-corrected chi connectivity index (χ2v) is 6.89. The van der Waals surface area contributed by atoms with Gasteiger partial charge in [0.15, 0.2) is 0 Å². The van der Waals surface area contributed by atoms with E-state index in [1.54, 1.807) is 0 Å². The molecule has 0 bridgehead atoms. The molecule has 144 valence electrons. The first-order chi connectivity index (χ1) is 11.6. The van der Waals surface area contributed by atoms with E-state index in [-0.39, 0.29) is 42.7 Å². The zero-order valence-electron chi connectivity index (χ0n) is 14.9. The van der Waals surface area contributed by atoms with E-state index in [0.717, 1.165) is 29.6 Å². The summed E-state index contributed by atoms with van der Waals surface area (Å²) in [6.07, 6.45) is 0. The molecule has 0 radical (unpaired) electrons. The molecule has 0 aliphatic carbocycles. The number of carbonyl (C=O) groups excluding carboxylic acids is 1. The van der Waals surface area contributed by atoms with Gasteiger partial charge in [-0.3, -0.25) is 4.79 Å². The number of hydrogen-bond acceptors (Lipinski definition) is 6. The lowest BCUT2D eigenvalue weighted by molar-refractivity contribution is -0.136. The Bertz CT molecular complexity index is 691. The summed E-state index contributed by atoms with van der Waals surface area (Å²) in [5.41, 5.74) is 7.29. The van der Waals surface area contributed by atoms with Crippen molar-refractivity contribution < 1.29 is 4.79 Å². The van der Waals surface area contributed by atoms with Gasteiger partial charge in [0.25, 0.3) is 0 Å². The Kier molecular flexibility index (Phi) is 8.76. The summed E-state index contributed by atoms with van der Waals surface area (Å²) >= 11 is 1.42. The number of aromatic nitrogens is 2. The molecule has 0 spiro atoms. The third kappa shape index (κ3) is 5.07. The van der Waals surface area contributed by atoms with E-state index in [4.69, 9.17) is 5.73 Å². The molecule has 1 aliphatic rings. The highest BCUT2D eigenvalue weighted by Crippen LogP contribution is 2.23. The number of aryl methyl sites for hydroxylation is 1. The van der Waals surface area contributed by atoms with Gasteiger partial charge in [-0.25, -0.2) is 4.98 Å². The van der Waals surface area contributed by atoms with Crippen LogP contribution in [-0.2, 0) is 4.79 Å². The minimum Gasteiger partial charge on any atom is -0.343 e. The van der Waals surface area contributed by atoms with Crippen LogP contribution < -0.4 is 10.6 Å². The molecule has 1 saturated heterocycles. The highest BCUT2D eigenvalue weighted by atomic mass is 35.5. The maximum atomic E-state index is 12.8. The van der Waals surface area contributed by atoms with Gasteiger partial charge in [-0.2, -0.15) is 4.37 Å². The van der Waals surface area contributed by atoms with E-state index in [1.165, 1.54) is 11.5 Å². The molecule has 26 heavy (non-hydrogen) atoms. The summed E-state index contributed by atoms with van der Waals surface area (Å²) in [6, 6.07) is 9.54. The van der Waals surface area contributed by atoms with Crippen LogP contribution in [0.5, 0.6) is 0 Å². The monoisotopic (exact) mass is 417 g/mol. The van der Waals surface area contributed by atoms with Gasteiger partial charge in [0, 0.05) is 43.8 Å². The molecule has 2 N–H and O–H groups in total. The van der Waals surface area contributed by atoms with E-state index in [2.05, 4.69) is 14.3 Å². The Morgan fingerprint density at radius 3 is 2.31 bits per heavy atom. The fourth-order valence-corrected chi connectivity index (χ4v) is 3.66. The number of rotatable bonds is 4. The molecule has 2 atom stereocenters. The molecule has 0 saturated carbocycles. The van der Waals surface area contributed by atoms with Crippen LogP contribution in [-0.4, -0.2) is 46.3 Å². The number of nitrogens with zero attached hydrogens (tertiary/aromatic N) is 4. The van der Waals surface area contributed by atoms with Crippen molar-refractivity contribution in [2.45, 2.75) is 19.9 Å². The summed E-state index contributed by atoms with van der Waals surface area (Å²) in [7, 11) is 0. The zero-order valence-corrected chi connectivity index (χ0v) is 17.3. The van der Waals surface area contributed by atoms with Crippen molar-refractivity contribution in [2.24, 2.45) is 11.7 Å². The van der Waals surface area contributed by atoms with Gasteiger partial charge in [-0.1, -0.05) is 37.3 Å². The Morgan fingerprint density at radius 2 is 1.77 bits per heavy atom. The molecule has 2 unspecified atom stereocenters. The molecule has 1 aromatic carbocycles. The third-order valence-corrected chi connectivity index (χ3v) is 5.36. The van der Waals surface area contributed by atoms with Crippen LogP contribution in [0.15, 0.2) is 30.3 Å². The predicted molar refractivity (Wildman–Crippen MR) is 110 cm³/mol. The smallest absolute Gasteiger partial charge is 0.227 e. The largest absolute Gasteiger partial charge is 0.343 e. The molecule has 9 heteroatoms. The zero-order chi connectivity index (χ0) is 17.1. The van der Waals surface area contributed by atoms with E-state index in [9.17, 15) is 4.79 Å². The number of anilines is 1. The fraction of sp³-hybridized carbons (Fsp3) is 0.471. The average Bonchev–Trinajstić information content (AvgIpc) is 3.07. The number of piperazine rings is 1. The second kappa shape index (κ2) is 10.1. The van der Waals surface area contributed by atoms with E-state index in [1.807, 2.05) is 49.1 Å². The van der Waals surface area contributed by atoms with E-state index >= 15 is 0 Å². The maximum Gasteiger partial charge on any atom is 0.227 e. The van der Waals surface area contributed by atoms with Crippen LogP contribution in [0.1, 0.15) is 24.4 Å². The lowest BCUT2D eigenvalue weighted by Crippen LogP contribution is -2.51. The number of amides is 1. The maximum absolute atomic E-state index is 12.8. The van der Waals surface area contributed by atoms with Crippen LogP contribution >= 0.6 is 36.3 Å². The topological polar surface area (TPSA) is 75.4 Å². The molecule has 1 fully saturated rings. The van der Waals surface area contributed by atoms with Gasteiger partial charge < -0.3 is 15.5 Å². The predicted octanol–water partition coefficient (Wildman–Crippen LogP) is 2.67. The summed E-state index contributed by atoms with van der Waals surface area (Å²) in [4.78, 5) is 21.3. The summed E-state index contributed by atoms with van der Waals surface area (Å²) < 4.78 is 4.22. The van der Waals surface area contributed by atoms with Crippen LogP contribution in [0.25, 0.3) is 0 Å². The first-order valence-corrected chi connectivity index (χ1v) is 8.98. The third-order valence-electron chi connectivity index (χ3n) is 4.49. The molecular formula is C17H25Cl2N5OS. The Balaban J connectivity index is 0.00000169. The molecular weight excluding hydrogens is 393 g/mol. The number of hydrogen-bond donors (Lipinski definition) is 1. The molecule has 6 nitrogen and oxygen atoms in total. The van der Waals surface area contributed by atoms with Crippen molar-refractivity contribution in [3.8, 4) is 0 Å². The van der Waals surface area contributed by atoms with Crippen molar-refractivity contribution >= 4 is 47.4 Å². The minimum atomic E-state index is -0.275. The van der Waals surface area contributed by atoms with Gasteiger partial charge in [-0.15, -0.1) is 24.8 Å². The minimum absolute atomic E-state index is 0. The summed E-state index contributed by atoms with van der Waals surface area (Å²) in [5.74, 6) is 0.693. The van der Waals surface area contributed by atoms with E-state index in [0.29, 0.717) is 13.1 Å². The van der Waals surface area contributed by atoms with Crippen LogP contribution in [0.2, 0.25) is 0 Å². The SMILES string of the molecule is Cc1nsc(N2CCN(C(=O)C(C)C(N)c3ccccc3)CC2)n1.Cl.Cl. The summed E-state index contributed by atoms with van der Waals surface area (Å²) in [5, 5.41) is 0.939. The highest BCUT2D eigenvalue weighted by Gasteiger charge is 2.29. The fourth-order valence-electron chi connectivity index (χ4n) is 2.94. The number of carbonyl (C=O) groups is 1.